The highest BCUT2D eigenvalue weighted by Crippen LogP contribution is 2.12. The molecule has 3 nitrogen and oxygen atoms in total. The third-order valence-corrected chi connectivity index (χ3v) is 3.00. The number of rotatable bonds is 3. The second-order valence-electron chi connectivity index (χ2n) is 3.55. The van der Waals surface area contributed by atoms with Crippen LogP contribution >= 0.6 is 11.3 Å². The van der Waals surface area contributed by atoms with Gasteiger partial charge in [-0.2, -0.15) is 11.3 Å². The summed E-state index contributed by atoms with van der Waals surface area (Å²) in [5, 5.41) is 6.50. The van der Waals surface area contributed by atoms with E-state index in [1.54, 1.807) is 11.3 Å². The molecule has 0 saturated carbocycles. The third-order valence-electron chi connectivity index (χ3n) is 2.27. The second-order valence-corrected chi connectivity index (χ2v) is 4.33. The van der Waals surface area contributed by atoms with Gasteiger partial charge < -0.3 is 11.1 Å². The zero-order valence-corrected chi connectivity index (χ0v) is 9.76. The van der Waals surface area contributed by atoms with E-state index in [-0.39, 0.29) is 5.56 Å². The van der Waals surface area contributed by atoms with Crippen molar-refractivity contribution in [1.29, 1.82) is 0 Å². The number of nitrogens with two attached hydrogens (primary N) is 1. The average molecular weight is 250 g/mol. The van der Waals surface area contributed by atoms with Crippen LogP contribution in [0.15, 0.2) is 35.0 Å². The first-order valence-electron chi connectivity index (χ1n) is 5.01. The Kier molecular flexibility index (Phi) is 3.39. The van der Waals surface area contributed by atoms with E-state index in [0.717, 1.165) is 11.6 Å². The molecule has 1 heterocycles. The summed E-state index contributed by atoms with van der Waals surface area (Å²) in [7, 11) is 0. The normalized spacial score (nSPS) is 10.2. The summed E-state index contributed by atoms with van der Waals surface area (Å²) in [4.78, 5) is 11.7. The SMILES string of the molecule is Nc1ccc(C(=O)NCc2ccsc2)c(F)c1. The van der Waals surface area contributed by atoms with E-state index in [1.807, 2.05) is 16.8 Å². The molecule has 0 atom stereocenters. The minimum absolute atomic E-state index is 0.00873. The lowest BCUT2D eigenvalue weighted by molar-refractivity contribution is 0.0947. The van der Waals surface area contributed by atoms with Gasteiger partial charge >= 0.3 is 0 Å². The number of anilines is 1. The quantitative estimate of drug-likeness (QED) is 0.822. The average Bonchev–Trinajstić information content (AvgIpc) is 2.78. The molecule has 0 unspecified atom stereocenters. The van der Waals surface area contributed by atoms with Crippen LogP contribution in [-0.2, 0) is 6.54 Å². The number of halogens is 1. The zero-order chi connectivity index (χ0) is 12.3. The number of hydrogen-bond acceptors (Lipinski definition) is 3. The van der Waals surface area contributed by atoms with Gasteiger partial charge in [-0.25, -0.2) is 4.39 Å². The molecule has 0 aliphatic rings. The number of benzene rings is 1. The first-order valence-corrected chi connectivity index (χ1v) is 5.95. The minimum atomic E-state index is -0.604. The Hall–Kier alpha value is -1.88. The molecular weight excluding hydrogens is 239 g/mol. The van der Waals surface area contributed by atoms with Crippen LogP contribution < -0.4 is 11.1 Å². The molecule has 0 spiro atoms. The summed E-state index contributed by atoms with van der Waals surface area (Å²) < 4.78 is 13.4. The molecule has 5 heteroatoms. The molecule has 1 aromatic carbocycles. The van der Waals surface area contributed by atoms with E-state index in [4.69, 9.17) is 5.73 Å². The molecule has 2 aromatic rings. The van der Waals surface area contributed by atoms with Crippen molar-refractivity contribution in [2.24, 2.45) is 0 Å². The lowest BCUT2D eigenvalue weighted by Gasteiger charge is -2.05. The Balaban J connectivity index is 2.04. The second kappa shape index (κ2) is 4.97. The van der Waals surface area contributed by atoms with Gasteiger partial charge in [0.15, 0.2) is 0 Å². The highest BCUT2D eigenvalue weighted by Gasteiger charge is 2.11. The molecule has 2 rings (SSSR count). The summed E-state index contributed by atoms with van der Waals surface area (Å²) in [6.07, 6.45) is 0. The largest absolute Gasteiger partial charge is 0.399 e. The Morgan fingerprint density at radius 1 is 1.41 bits per heavy atom. The summed E-state index contributed by atoms with van der Waals surface area (Å²) >= 11 is 1.55. The fourth-order valence-corrected chi connectivity index (χ4v) is 2.05. The van der Waals surface area contributed by atoms with Crippen molar-refractivity contribution in [3.8, 4) is 0 Å². The molecule has 0 radical (unpaired) electrons. The van der Waals surface area contributed by atoms with Crippen molar-refractivity contribution >= 4 is 22.9 Å². The van der Waals surface area contributed by atoms with Gasteiger partial charge in [-0.1, -0.05) is 0 Å². The summed E-state index contributed by atoms with van der Waals surface area (Å²) in [5.41, 5.74) is 6.72. The standard InChI is InChI=1S/C12H11FN2OS/c13-11-5-9(14)1-2-10(11)12(16)15-6-8-3-4-17-7-8/h1-5,7H,6,14H2,(H,15,16). The Bertz CT molecular complexity index is 525. The number of hydrogen-bond donors (Lipinski definition) is 2. The maximum atomic E-state index is 13.4. The first-order chi connectivity index (χ1) is 8.16. The monoisotopic (exact) mass is 250 g/mol. The van der Waals surface area contributed by atoms with Crippen molar-refractivity contribution in [2.75, 3.05) is 5.73 Å². The van der Waals surface area contributed by atoms with Crippen molar-refractivity contribution in [3.63, 3.8) is 0 Å². The number of nitrogen functional groups attached to an aromatic ring is 1. The molecule has 0 aliphatic carbocycles. The lowest BCUT2D eigenvalue weighted by Crippen LogP contribution is -2.23. The highest BCUT2D eigenvalue weighted by atomic mass is 32.1. The molecular formula is C12H11FN2OS. The van der Waals surface area contributed by atoms with Crippen molar-refractivity contribution in [3.05, 3.63) is 52.0 Å². The fourth-order valence-electron chi connectivity index (χ4n) is 1.39. The topological polar surface area (TPSA) is 55.1 Å². The van der Waals surface area contributed by atoms with Crippen LogP contribution in [0.4, 0.5) is 10.1 Å². The van der Waals surface area contributed by atoms with Crippen LogP contribution in [-0.4, -0.2) is 5.91 Å². The van der Waals surface area contributed by atoms with Gasteiger partial charge in [-0.15, -0.1) is 0 Å². The number of nitrogens with one attached hydrogen (secondary N) is 1. The van der Waals surface area contributed by atoms with Crippen LogP contribution in [0.2, 0.25) is 0 Å². The maximum absolute atomic E-state index is 13.4. The van der Waals surface area contributed by atoms with Crippen LogP contribution in [0.25, 0.3) is 0 Å². The van der Waals surface area contributed by atoms with Crippen LogP contribution in [0.1, 0.15) is 15.9 Å². The molecule has 17 heavy (non-hydrogen) atoms. The fraction of sp³-hybridized carbons (Fsp3) is 0.0833. The van der Waals surface area contributed by atoms with E-state index in [1.165, 1.54) is 12.1 Å². The van der Waals surface area contributed by atoms with E-state index < -0.39 is 11.7 Å². The van der Waals surface area contributed by atoms with Crippen LogP contribution in [0.3, 0.4) is 0 Å². The molecule has 0 bridgehead atoms. The van der Waals surface area contributed by atoms with Gasteiger partial charge in [0.2, 0.25) is 0 Å². The van der Waals surface area contributed by atoms with Gasteiger partial charge in [0, 0.05) is 12.2 Å². The van der Waals surface area contributed by atoms with Crippen molar-refractivity contribution in [2.45, 2.75) is 6.54 Å². The Morgan fingerprint density at radius 3 is 2.88 bits per heavy atom. The molecule has 0 saturated heterocycles. The lowest BCUT2D eigenvalue weighted by atomic mass is 10.2. The first kappa shape index (κ1) is 11.6. The van der Waals surface area contributed by atoms with E-state index in [2.05, 4.69) is 5.32 Å². The van der Waals surface area contributed by atoms with Crippen LogP contribution in [0, 0.1) is 5.82 Å². The third kappa shape index (κ3) is 2.82. The zero-order valence-electron chi connectivity index (χ0n) is 8.94. The summed E-state index contributed by atoms with van der Waals surface area (Å²) in [6, 6.07) is 5.93. The van der Waals surface area contributed by atoms with Crippen molar-refractivity contribution < 1.29 is 9.18 Å². The van der Waals surface area contributed by atoms with E-state index >= 15 is 0 Å². The van der Waals surface area contributed by atoms with Crippen molar-refractivity contribution in [1.82, 2.24) is 5.32 Å². The molecule has 88 valence electrons. The number of thiophene rings is 1. The predicted molar refractivity (Wildman–Crippen MR) is 66.3 cm³/mol. The summed E-state index contributed by atoms with van der Waals surface area (Å²) in [6.45, 7) is 0.395. The maximum Gasteiger partial charge on any atom is 0.254 e. The van der Waals surface area contributed by atoms with E-state index in [9.17, 15) is 9.18 Å². The molecule has 1 aromatic heterocycles. The molecule has 0 aliphatic heterocycles. The number of carbonyl (C=O) groups is 1. The number of amides is 1. The van der Waals surface area contributed by atoms with Gasteiger partial charge in [0.1, 0.15) is 5.82 Å². The Labute approximate surface area is 102 Å². The summed E-state index contributed by atoms with van der Waals surface area (Å²) in [5.74, 6) is -1.04. The number of carbonyl (C=O) groups excluding carboxylic acids is 1. The van der Waals surface area contributed by atoms with Gasteiger partial charge in [0.05, 0.1) is 5.56 Å². The molecule has 0 fully saturated rings. The predicted octanol–water partition coefficient (Wildman–Crippen LogP) is 2.40. The van der Waals surface area contributed by atoms with E-state index in [0.29, 0.717) is 12.2 Å². The smallest absolute Gasteiger partial charge is 0.254 e. The van der Waals surface area contributed by atoms with Gasteiger partial charge in [-0.05, 0) is 40.6 Å². The Morgan fingerprint density at radius 2 is 2.24 bits per heavy atom. The van der Waals surface area contributed by atoms with Gasteiger partial charge in [0.25, 0.3) is 5.91 Å². The minimum Gasteiger partial charge on any atom is -0.399 e. The van der Waals surface area contributed by atoms with Gasteiger partial charge in [-0.3, -0.25) is 4.79 Å². The highest BCUT2D eigenvalue weighted by molar-refractivity contribution is 7.07. The molecule has 3 N–H and O–H groups in total. The molecule has 1 amide bonds. The van der Waals surface area contributed by atoms with Crippen LogP contribution in [0.5, 0.6) is 0 Å².